The molecule has 0 saturated carbocycles. The average Bonchev–Trinajstić information content (AvgIpc) is 3.12. The van der Waals surface area contributed by atoms with Gasteiger partial charge < -0.3 is 19.9 Å². The summed E-state index contributed by atoms with van der Waals surface area (Å²) < 4.78 is 19.4. The fraction of sp³-hybridized carbons (Fsp3) is 0.263. The number of morpholine rings is 1. The highest BCUT2D eigenvalue weighted by atomic mass is 19.1. The molecular weight excluding hydrogens is 363 g/mol. The standard InChI is InChI=1S/C19H19FN6O2/c1-11(27)25-17(21)15-9-26(5-6-28-15)19-16-14(8-22-18(16)23-10-24-19)12-3-2-4-13(20)7-12/h2-4,7-8,10,15H,5-6,9H2,1H3,(H2,21,25,27)(H,22,23,24). The second-order valence-electron chi connectivity index (χ2n) is 6.53. The van der Waals surface area contributed by atoms with Crippen molar-refractivity contribution in [1.82, 2.24) is 20.3 Å². The molecule has 3 aromatic rings. The third-order valence-corrected chi connectivity index (χ3v) is 4.58. The van der Waals surface area contributed by atoms with Crippen molar-refractivity contribution >= 4 is 28.6 Å². The molecule has 1 amide bonds. The van der Waals surface area contributed by atoms with E-state index in [9.17, 15) is 9.18 Å². The Morgan fingerprint density at radius 2 is 2.29 bits per heavy atom. The van der Waals surface area contributed by atoms with E-state index in [1.165, 1.54) is 25.4 Å². The Morgan fingerprint density at radius 3 is 3.07 bits per heavy atom. The van der Waals surface area contributed by atoms with E-state index in [0.29, 0.717) is 31.2 Å². The van der Waals surface area contributed by atoms with Gasteiger partial charge in [-0.15, -0.1) is 0 Å². The predicted octanol–water partition coefficient (Wildman–Crippen LogP) is 2.08. The molecule has 0 spiro atoms. The van der Waals surface area contributed by atoms with Crippen molar-refractivity contribution in [2.45, 2.75) is 13.0 Å². The van der Waals surface area contributed by atoms with Gasteiger partial charge >= 0.3 is 0 Å². The molecule has 1 aliphatic rings. The van der Waals surface area contributed by atoms with Crippen LogP contribution in [0.5, 0.6) is 0 Å². The Labute approximate surface area is 160 Å². The van der Waals surface area contributed by atoms with Crippen molar-refractivity contribution in [1.29, 1.82) is 5.41 Å². The molecule has 1 saturated heterocycles. The van der Waals surface area contributed by atoms with Gasteiger partial charge in [0.15, 0.2) is 0 Å². The van der Waals surface area contributed by atoms with Gasteiger partial charge in [0.1, 0.15) is 35.5 Å². The van der Waals surface area contributed by atoms with E-state index < -0.39 is 6.10 Å². The molecule has 1 unspecified atom stereocenters. The van der Waals surface area contributed by atoms with Gasteiger partial charge in [-0.3, -0.25) is 10.2 Å². The van der Waals surface area contributed by atoms with Crippen molar-refractivity contribution < 1.29 is 13.9 Å². The highest BCUT2D eigenvalue weighted by Crippen LogP contribution is 2.34. The Morgan fingerprint density at radius 1 is 1.43 bits per heavy atom. The third-order valence-electron chi connectivity index (χ3n) is 4.58. The average molecular weight is 382 g/mol. The number of hydrogen-bond donors (Lipinski definition) is 3. The zero-order valence-electron chi connectivity index (χ0n) is 15.2. The SMILES string of the molecule is CC(=O)NC(=N)C1CN(c2ncnc3[nH]cc(-c4cccc(F)c4)c23)CCO1. The smallest absolute Gasteiger partial charge is 0.222 e. The summed E-state index contributed by atoms with van der Waals surface area (Å²) in [6.07, 6.45) is 2.68. The summed E-state index contributed by atoms with van der Waals surface area (Å²) >= 11 is 0. The summed E-state index contributed by atoms with van der Waals surface area (Å²) in [6.45, 7) is 2.68. The lowest BCUT2D eigenvalue weighted by atomic mass is 10.1. The zero-order valence-corrected chi connectivity index (χ0v) is 15.2. The number of amidine groups is 1. The molecule has 3 heterocycles. The second kappa shape index (κ2) is 7.35. The minimum absolute atomic E-state index is 0.0157. The quantitative estimate of drug-likeness (QED) is 0.475. The van der Waals surface area contributed by atoms with Crippen LogP contribution in [0.1, 0.15) is 6.92 Å². The second-order valence-corrected chi connectivity index (χ2v) is 6.53. The summed E-state index contributed by atoms with van der Waals surface area (Å²) in [5.74, 6) is 0.0611. The molecule has 8 nitrogen and oxygen atoms in total. The lowest BCUT2D eigenvalue weighted by Gasteiger charge is -2.34. The minimum atomic E-state index is -0.570. The molecule has 1 aliphatic heterocycles. The van der Waals surface area contributed by atoms with Crippen LogP contribution >= 0.6 is 0 Å². The van der Waals surface area contributed by atoms with Gasteiger partial charge in [0.25, 0.3) is 0 Å². The maximum absolute atomic E-state index is 13.7. The van der Waals surface area contributed by atoms with Crippen LogP contribution < -0.4 is 10.2 Å². The van der Waals surface area contributed by atoms with Crippen LogP contribution in [0.3, 0.4) is 0 Å². The molecule has 9 heteroatoms. The number of ether oxygens (including phenoxy) is 1. The highest BCUT2D eigenvalue weighted by Gasteiger charge is 2.27. The summed E-state index contributed by atoms with van der Waals surface area (Å²) in [4.78, 5) is 25.1. The summed E-state index contributed by atoms with van der Waals surface area (Å²) in [6, 6.07) is 6.35. The van der Waals surface area contributed by atoms with Crippen LogP contribution in [0.15, 0.2) is 36.8 Å². The van der Waals surface area contributed by atoms with Crippen LogP contribution in [0.2, 0.25) is 0 Å². The number of hydrogen-bond acceptors (Lipinski definition) is 6. The zero-order chi connectivity index (χ0) is 19.7. The highest BCUT2D eigenvalue weighted by molar-refractivity contribution is 6.02. The first-order chi connectivity index (χ1) is 13.5. The number of amides is 1. The number of anilines is 1. The number of carbonyl (C=O) groups excluding carboxylic acids is 1. The minimum Gasteiger partial charge on any atom is -0.367 e. The lowest BCUT2D eigenvalue weighted by molar-refractivity contribution is -0.117. The molecule has 4 rings (SSSR count). The van der Waals surface area contributed by atoms with Gasteiger partial charge in [0.2, 0.25) is 5.91 Å². The van der Waals surface area contributed by atoms with E-state index >= 15 is 0 Å². The van der Waals surface area contributed by atoms with Gasteiger partial charge in [-0.1, -0.05) is 12.1 Å². The molecule has 3 N–H and O–H groups in total. The van der Waals surface area contributed by atoms with Gasteiger partial charge in [-0.05, 0) is 17.7 Å². The topological polar surface area (TPSA) is 107 Å². The first-order valence-corrected chi connectivity index (χ1v) is 8.83. The lowest BCUT2D eigenvalue weighted by Crippen LogP contribution is -2.50. The maximum Gasteiger partial charge on any atom is 0.222 e. The Hall–Kier alpha value is -3.33. The largest absolute Gasteiger partial charge is 0.367 e. The number of aromatic nitrogens is 3. The molecule has 144 valence electrons. The third kappa shape index (κ3) is 3.44. The molecule has 1 aromatic carbocycles. The van der Waals surface area contributed by atoms with Crippen molar-refractivity contribution in [3.63, 3.8) is 0 Å². The van der Waals surface area contributed by atoms with Crippen LogP contribution in [0.4, 0.5) is 10.2 Å². The Bertz CT molecular complexity index is 1050. The number of carbonyl (C=O) groups is 1. The van der Waals surface area contributed by atoms with Crippen LogP contribution in [0, 0.1) is 11.2 Å². The van der Waals surface area contributed by atoms with Crippen LogP contribution in [0.25, 0.3) is 22.2 Å². The number of rotatable bonds is 3. The molecule has 1 fully saturated rings. The Kier molecular flexibility index (Phi) is 4.74. The fourth-order valence-electron chi connectivity index (χ4n) is 3.36. The normalized spacial score (nSPS) is 16.9. The monoisotopic (exact) mass is 382 g/mol. The van der Waals surface area contributed by atoms with Gasteiger partial charge in [-0.25, -0.2) is 14.4 Å². The van der Waals surface area contributed by atoms with Crippen molar-refractivity contribution in [3.8, 4) is 11.1 Å². The van der Waals surface area contributed by atoms with Crippen LogP contribution in [-0.2, 0) is 9.53 Å². The molecule has 28 heavy (non-hydrogen) atoms. The maximum atomic E-state index is 13.7. The first kappa shape index (κ1) is 18.1. The number of benzene rings is 1. The van der Waals surface area contributed by atoms with Crippen molar-refractivity contribution in [2.24, 2.45) is 0 Å². The van der Waals surface area contributed by atoms with E-state index in [1.807, 2.05) is 11.0 Å². The number of nitrogens with one attached hydrogen (secondary N) is 3. The predicted molar refractivity (Wildman–Crippen MR) is 103 cm³/mol. The number of aromatic amines is 1. The van der Waals surface area contributed by atoms with E-state index in [1.54, 1.807) is 12.3 Å². The molecule has 2 aromatic heterocycles. The van der Waals surface area contributed by atoms with Crippen LogP contribution in [-0.4, -0.2) is 52.5 Å². The number of fused-ring (bicyclic) bond motifs is 1. The van der Waals surface area contributed by atoms with E-state index in [0.717, 1.165) is 16.5 Å². The summed E-state index contributed by atoms with van der Waals surface area (Å²) in [5, 5.41) is 11.3. The fourth-order valence-corrected chi connectivity index (χ4v) is 3.36. The number of halogens is 1. The summed E-state index contributed by atoms with van der Waals surface area (Å²) in [7, 11) is 0. The molecule has 0 radical (unpaired) electrons. The van der Waals surface area contributed by atoms with E-state index in [4.69, 9.17) is 10.1 Å². The summed E-state index contributed by atoms with van der Waals surface area (Å²) in [5.41, 5.74) is 2.16. The van der Waals surface area contributed by atoms with Gasteiger partial charge in [0.05, 0.1) is 18.5 Å². The van der Waals surface area contributed by atoms with E-state index in [2.05, 4.69) is 20.3 Å². The molecular formula is C19H19FN6O2. The number of nitrogens with zero attached hydrogens (tertiary/aromatic N) is 3. The van der Waals surface area contributed by atoms with E-state index in [-0.39, 0.29) is 17.6 Å². The molecule has 0 aliphatic carbocycles. The molecule has 0 bridgehead atoms. The van der Waals surface area contributed by atoms with Crippen molar-refractivity contribution in [3.05, 3.63) is 42.6 Å². The first-order valence-electron chi connectivity index (χ1n) is 8.83. The Balaban J connectivity index is 1.71. The molecule has 1 atom stereocenters. The van der Waals surface area contributed by atoms with Crippen molar-refractivity contribution in [2.75, 3.05) is 24.6 Å². The number of H-pyrrole nitrogens is 1. The van der Waals surface area contributed by atoms with Gasteiger partial charge in [0, 0.05) is 25.2 Å². The van der Waals surface area contributed by atoms with Gasteiger partial charge in [-0.2, -0.15) is 0 Å².